The predicted molar refractivity (Wildman–Crippen MR) is 110 cm³/mol. The third-order valence-electron chi connectivity index (χ3n) is 4.33. The van der Waals surface area contributed by atoms with E-state index in [2.05, 4.69) is 15.5 Å². The van der Waals surface area contributed by atoms with E-state index in [1.165, 1.54) is 0 Å². The van der Waals surface area contributed by atoms with Crippen LogP contribution in [0.1, 0.15) is 39.4 Å². The Bertz CT molecular complexity index is 715. The molecule has 2 heterocycles. The molecule has 162 valence electrons. The quantitative estimate of drug-likeness (QED) is 0.425. The van der Waals surface area contributed by atoms with Gasteiger partial charge in [-0.15, -0.1) is 11.3 Å². The summed E-state index contributed by atoms with van der Waals surface area (Å²) in [5.74, 6) is -1.40. The molecule has 0 aliphatic carbocycles. The Morgan fingerprint density at radius 1 is 1.10 bits per heavy atom. The summed E-state index contributed by atoms with van der Waals surface area (Å²) >= 11 is 1.02. The topological polar surface area (TPSA) is 106 Å². The molecule has 0 unspecified atom stereocenters. The fourth-order valence-corrected chi connectivity index (χ4v) is 3.98. The van der Waals surface area contributed by atoms with E-state index in [0.29, 0.717) is 17.1 Å². The van der Waals surface area contributed by atoms with Crippen LogP contribution in [0.25, 0.3) is 0 Å². The fourth-order valence-electron chi connectivity index (χ4n) is 2.88. The van der Waals surface area contributed by atoms with Crippen LogP contribution in [0.2, 0.25) is 0 Å². The van der Waals surface area contributed by atoms with Gasteiger partial charge in [-0.2, -0.15) is 0 Å². The van der Waals surface area contributed by atoms with Gasteiger partial charge in [0.15, 0.2) is 0 Å². The molecule has 0 spiro atoms. The standard InChI is InChI=1S/C19H29N3O6S/c1-4-27-18(24)15-13(3)16(19(25)28-5-2)29-17(15)21-14(23)12-20-6-7-22-8-10-26-11-9-22/h20H,4-12H2,1-3H3,(H,21,23). The minimum atomic E-state index is -0.577. The average molecular weight is 428 g/mol. The number of hydrogen-bond acceptors (Lipinski definition) is 9. The zero-order valence-corrected chi connectivity index (χ0v) is 18.0. The van der Waals surface area contributed by atoms with Crippen LogP contribution in [-0.2, 0) is 19.0 Å². The van der Waals surface area contributed by atoms with Crippen LogP contribution in [0.3, 0.4) is 0 Å². The number of amides is 1. The first-order valence-electron chi connectivity index (χ1n) is 9.76. The Hall–Kier alpha value is -2.01. The van der Waals surface area contributed by atoms with Gasteiger partial charge in [0, 0.05) is 26.2 Å². The van der Waals surface area contributed by atoms with E-state index in [4.69, 9.17) is 14.2 Å². The molecule has 1 aromatic rings. The molecule has 1 fully saturated rings. The van der Waals surface area contributed by atoms with Crippen molar-refractivity contribution in [1.82, 2.24) is 10.2 Å². The molecule has 0 bridgehead atoms. The van der Waals surface area contributed by atoms with E-state index in [0.717, 1.165) is 44.2 Å². The molecule has 1 saturated heterocycles. The van der Waals surface area contributed by atoms with Gasteiger partial charge >= 0.3 is 11.9 Å². The molecule has 29 heavy (non-hydrogen) atoms. The summed E-state index contributed by atoms with van der Waals surface area (Å²) in [5.41, 5.74) is 0.643. The van der Waals surface area contributed by atoms with Crippen LogP contribution in [0.4, 0.5) is 5.00 Å². The van der Waals surface area contributed by atoms with Gasteiger partial charge in [0.1, 0.15) is 9.88 Å². The molecule has 1 aromatic heterocycles. The maximum atomic E-state index is 12.3. The molecule has 0 saturated carbocycles. The monoisotopic (exact) mass is 427 g/mol. The van der Waals surface area contributed by atoms with Crippen molar-refractivity contribution in [3.05, 3.63) is 16.0 Å². The molecule has 1 amide bonds. The summed E-state index contributed by atoms with van der Waals surface area (Å²) in [5, 5.41) is 6.11. The second-order valence-electron chi connectivity index (χ2n) is 6.38. The van der Waals surface area contributed by atoms with Gasteiger partial charge in [-0.25, -0.2) is 9.59 Å². The van der Waals surface area contributed by atoms with Crippen molar-refractivity contribution >= 4 is 34.2 Å². The highest BCUT2D eigenvalue weighted by Gasteiger charge is 2.27. The van der Waals surface area contributed by atoms with Gasteiger partial charge in [0.25, 0.3) is 0 Å². The largest absolute Gasteiger partial charge is 0.462 e. The number of morpholine rings is 1. The lowest BCUT2D eigenvalue weighted by Crippen LogP contribution is -2.41. The molecular formula is C19H29N3O6S. The van der Waals surface area contributed by atoms with Crippen LogP contribution >= 0.6 is 11.3 Å². The number of esters is 2. The smallest absolute Gasteiger partial charge is 0.348 e. The van der Waals surface area contributed by atoms with Crippen molar-refractivity contribution in [3.8, 4) is 0 Å². The third-order valence-corrected chi connectivity index (χ3v) is 5.52. The molecule has 0 radical (unpaired) electrons. The highest BCUT2D eigenvalue weighted by molar-refractivity contribution is 7.18. The lowest BCUT2D eigenvalue weighted by atomic mass is 10.1. The van der Waals surface area contributed by atoms with Gasteiger partial charge in [-0.1, -0.05) is 0 Å². The van der Waals surface area contributed by atoms with Crippen molar-refractivity contribution in [3.63, 3.8) is 0 Å². The lowest BCUT2D eigenvalue weighted by Gasteiger charge is -2.26. The van der Waals surface area contributed by atoms with Crippen molar-refractivity contribution in [1.29, 1.82) is 0 Å². The van der Waals surface area contributed by atoms with E-state index in [1.807, 2.05) is 0 Å². The Morgan fingerprint density at radius 3 is 2.41 bits per heavy atom. The van der Waals surface area contributed by atoms with E-state index in [1.54, 1.807) is 20.8 Å². The molecule has 10 heteroatoms. The average Bonchev–Trinajstić information content (AvgIpc) is 3.02. The first kappa shape index (κ1) is 23.3. The minimum absolute atomic E-state index is 0.0955. The first-order valence-corrected chi connectivity index (χ1v) is 10.6. The summed E-state index contributed by atoms with van der Waals surface area (Å²) < 4.78 is 15.4. The van der Waals surface area contributed by atoms with Gasteiger partial charge in [0.05, 0.1) is 38.5 Å². The third kappa shape index (κ3) is 6.77. The highest BCUT2D eigenvalue weighted by Crippen LogP contribution is 2.34. The van der Waals surface area contributed by atoms with Gasteiger partial charge in [-0.05, 0) is 26.3 Å². The van der Waals surface area contributed by atoms with Crippen LogP contribution in [0, 0.1) is 6.92 Å². The number of hydrogen-bond donors (Lipinski definition) is 2. The zero-order valence-electron chi connectivity index (χ0n) is 17.2. The number of thiophene rings is 1. The summed E-state index contributed by atoms with van der Waals surface area (Å²) in [6.07, 6.45) is 0. The van der Waals surface area contributed by atoms with E-state index in [-0.39, 0.29) is 36.1 Å². The zero-order chi connectivity index (χ0) is 21.2. The predicted octanol–water partition coefficient (Wildman–Crippen LogP) is 1.27. The molecule has 1 aliphatic heterocycles. The Morgan fingerprint density at radius 2 is 1.76 bits per heavy atom. The van der Waals surface area contributed by atoms with E-state index < -0.39 is 11.9 Å². The molecule has 1 aliphatic rings. The van der Waals surface area contributed by atoms with Crippen LogP contribution in [0.15, 0.2) is 0 Å². The second-order valence-corrected chi connectivity index (χ2v) is 7.40. The number of carbonyl (C=O) groups excluding carboxylic acids is 3. The molecule has 2 rings (SSSR count). The van der Waals surface area contributed by atoms with Crippen molar-refractivity contribution in [2.24, 2.45) is 0 Å². The van der Waals surface area contributed by atoms with Crippen molar-refractivity contribution < 1.29 is 28.6 Å². The van der Waals surface area contributed by atoms with Crippen LogP contribution in [0.5, 0.6) is 0 Å². The molecule has 0 atom stereocenters. The number of anilines is 1. The lowest BCUT2D eigenvalue weighted by molar-refractivity contribution is -0.115. The van der Waals surface area contributed by atoms with Crippen molar-refractivity contribution in [2.45, 2.75) is 20.8 Å². The number of ether oxygens (including phenoxy) is 3. The minimum Gasteiger partial charge on any atom is -0.462 e. The summed E-state index contributed by atoms with van der Waals surface area (Å²) in [4.78, 5) is 39.4. The number of nitrogens with one attached hydrogen (secondary N) is 2. The van der Waals surface area contributed by atoms with Gasteiger partial charge in [0.2, 0.25) is 5.91 Å². The summed E-state index contributed by atoms with van der Waals surface area (Å²) in [6.45, 7) is 10.3. The molecule has 2 N–H and O–H groups in total. The number of nitrogens with zero attached hydrogens (tertiary/aromatic N) is 1. The van der Waals surface area contributed by atoms with Crippen LogP contribution < -0.4 is 10.6 Å². The van der Waals surface area contributed by atoms with E-state index in [9.17, 15) is 14.4 Å². The molecular weight excluding hydrogens is 398 g/mol. The van der Waals surface area contributed by atoms with Gasteiger partial charge in [-0.3, -0.25) is 9.69 Å². The summed E-state index contributed by atoms with van der Waals surface area (Å²) in [6, 6.07) is 0. The maximum absolute atomic E-state index is 12.3. The van der Waals surface area contributed by atoms with E-state index >= 15 is 0 Å². The SMILES string of the molecule is CCOC(=O)c1sc(NC(=O)CNCCN2CCOCC2)c(C(=O)OCC)c1C. The Kier molecular flexibility index (Phi) is 9.52. The number of carbonyl (C=O) groups is 3. The Labute approximate surface area is 174 Å². The fraction of sp³-hybridized carbons (Fsp3) is 0.632. The van der Waals surface area contributed by atoms with Crippen LogP contribution in [-0.4, -0.2) is 81.9 Å². The van der Waals surface area contributed by atoms with Crippen molar-refractivity contribution in [2.75, 3.05) is 64.5 Å². The number of rotatable bonds is 10. The second kappa shape index (κ2) is 11.9. The first-order chi connectivity index (χ1) is 14.0. The maximum Gasteiger partial charge on any atom is 0.348 e. The normalized spacial score (nSPS) is 14.4. The Balaban J connectivity index is 1.97. The summed E-state index contributed by atoms with van der Waals surface area (Å²) in [7, 11) is 0. The molecule has 0 aromatic carbocycles. The van der Waals surface area contributed by atoms with Gasteiger partial charge < -0.3 is 24.8 Å². The molecule has 9 nitrogen and oxygen atoms in total. The highest BCUT2D eigenvalue weighted by atomic mass is 32.1.